The Morgan fingerprint density at radius 1 is 1.07 bits per heavy atom. The Morgan fingerprint density at radius 2 is 1.81 bits per heavy atom. The molecule has 0 fully saturated rings. The Bertz CT molecular complexity index is 991. The van der Waals surface area contributed by atoms with Gasteiger partial charge in [0.2, 0.25) is 0 Å². The first-order valence-electron chi connectivity index (χ1n) is 8.69. The van der Waals surface area contributed by atoms with Gasteiger partial charge >= 0.3 is 5.97 Å². The fourth-order valence-corrected chi connectivity index (χ4v) is 3.01. The molecule has 0 aliphatic heterocycles. The summed E-state index contributed by atoms with van der Waals surface area (Å²) in [6.07, 6.45) is 0. The zero-order valence-corrected chi connectivity index (χ0v) is 15.2. The van der Waals surface area contributed by atoms with Crippen LogP contribution >= 0.6 is 0 Å². The van der Waals surface area contributed by atoms with Gasteiger partial charge in [0.05, 0.1) is 6.04 Å². The highest BCUT2D eigenvalue weighted by molar-refractivity contribution is 5.94. The summed E-state index contributed by atoms with van der Waals surface area (Å²) in [4.78, 5) is 24.3. The smallest absolute Gasteiger partial charge is 0.342 e. The van der Waals surface area contributed by atoms with Crippen LogP contribution in [0.1, 0.15) is 34.5 Å². The fraction of sp³-hybridized carbons (Fsp3) is 0.182. The molecular weight excluding hydrogens is 342 g/mol. The molecule has 1 atom stereocenters. The average molecular weight is 363 g/mol. The highest BCUT2D eigenvalue weighted by Crippen LogP contribution is 2.24. The number of phenolic OH excluding ortho intramolecular Hbond substituents is 1. The molecule has 0 aliphatic carbocycles. The van der Waals surface area contributed by atoms with E-state index in [0.717, 1.165) is 21.9 Å². The first-order chi connectivity index (χ1) is 13.0. The van der Waals surface area contributed by atoms with Crippen molar-refractivity contribution in [3.05, 3.63) is 77.4 Å². The summed E-state index contributed by atoms with van der Waals surface area (Å²) < 4.78 is 5.04. The van der Waals surface area contributed by atoms with Gasteiger partial charge in [-0.2, -0.15) is 0 Å². The van der Waals surface area contributed by atoms with Crippen molar-refractivity contribution in [2.45, 2.75) is 19.9 Å². The number of benzene rings is 3. The number of amides is 1. The Labute approximate surface area is 157 Å². The summed E-state index contributed by atoms with van der Waals surface area (Å²) in [7, 11) is 0. The van der Waals surface area contributed by atoms with Crippen molar-refractivity contribution in [1.82, 2.24) is 5.32 Å². The number of hydrogen-bond acceptors (Lipinski definition) is 4. The van der Waals surface area contributed by atoms with Gasteiger partial charge in [-0.15, -0.1) is 0 Å². The maximum Gasteiger partial charge on any atom is 0.342 e. The molecule has 27 heavy (non-hydrogen) atoms. The second-order valence-corrected chi connectivity index (χ2v) is 6.45. The van der Waals surface area contributed by atoms with Crippen LogP contribution in [0.15, 0.2) is 60.7 Å². The van der Waals surface area contributed by atoms with Crippen LogP contribution in [-0.4, -0.2) is 23.6 Å². The third-order valence-corrected chi connectivity index (χ3v) is 4.37. The topological polar surface area (TPSA) is 75.6 Å². The molecule has 3 aromatic rings. The molecule has 0 bridgehead atoms. The molecule has 3 rings (SSSR count). The first kappa shape index (κ1) is 18.5. The van der Waals surface area contributed by atoms with E-state index in [0.29, 0.717) is 0 Å². The van der Waals surface area contributed by atoms with E-state index >= 15 is 0 Å². The Hall–Kier alpha value is -3.34. The molecular formula is C22H21NO4. The molecule has 0 aromatic heterocycles. The van der Waals surface area contributed by atoms with E-state index in [9.17, 15) is 14.7 Å². The summed E-state index contributed by atoms with van der Waals surface area (Å²) in [6, 6.07) is 18.3. The number of phenols is 1. The van der Waals surface area contributed by atoms with Crippen LogP contribution in [0, 0.1) is 6.92 Å². The highest BCUT2D eigenvalue weighted by Gasteiger charge is 2.16. The fourth-order valence-electron chi connectivity index (χ4n) is 3.01. The molecule has 2 N–H and O–H groups in total. The Morgan fingerprint density at radius 3 is 2.63 bits per heavy atom. The van der Waals surface area contributed by atoms with Gasteiger partial charge in [-0.05, 0) is 42.3 Å². The lowest BCUT2D eigenvalue weighted by Crippen LogP contribution is -2.31. The van der Waals surface area contributed by atoms with Gasteiger partial charge in [-0.1, -0.05) is 54.1 Å². The van der Waals surface area contributed by atoms with Crippen LogP contribution in [0.2, 0.25) is 0 Å². The van der Waals surface area contributed by atoms with Gasteiger partial charge in [0, 0.05) is 0 Å². The summed E-state index contributed by atoms with van der Waals surface area (Å²) >= 11 is 0. The van der Waals surface area contributed by atoms with Gasteiger partial charge < -0.3 is 15.2 Å². The standard InChI is InChI=1S/C22H21NO4/c1-14-10-11-20(24)19(12-14)22(26)27-13-21(25)23-15(2)17-9-5-7-16-6-3-4-8-18(16)17/h3-12,15,24H,13H2,1-2H3,(H,23,25)/t15-/m1/s1. The van der Waals surface area contributed by atoms with Crippen LogP contribution in [0.3, 0.4) is 0 Å². The van der Waals surface area contributed by atoms with Crippen molar-refractivity contribution in [2.75, 3.05) is 6.61 Å². The largest absolute Gasteiger partial charge is 0.507 e. The van der Waals surface area contributed by atoms with Gasteiger partial charge in [0.25, 0.3) is 5.91 Å². The van der Waals surface area contributed by atoms with E-state index in [1.165, 1.54) is 12.1 Å². The molecule has 0 aliphatic rings. The van der Waals surface area contributed by atoms with Crippen molar-refractivity contribution in [3.8, 4) is 5.75 Å². The quantitative estimate of drug-likeness (QED) is 0.675. The molecule has 138 valence electrons. The molecule has 5 nitrogen and oxygen atoms in total. The van der Waals surface area contributed by atoms with Gasteiger partial charge in [-0.25, -0.2) is 4.79 Å². The van der Waals surface area contributed by atoms with E-state index < -0.39 is 18.5 Å². The number of aromatic hydroxyl groups is 1. The number of carbonyl (C=O) groups excluding carboxylic acids is 2. The van der Waals surface area contributed by atoms with Crippen LogP contribution in [0.25, 0.3) is 10.8 Å². The zero-order valence-electron chi connectivity index (χ0n) is 15.2. The average Bonchev–Trinajstić information content (AvgIpc) is 2.67. The Balaban J connectivity index is 1.63. The number of nitrogens with one attached hydrogen (secondary N) is 1. The SMILES string of the molecule is Cc1ccc(O)c(C(=O)OCC(=O)N[C@H](C)c2cccc3ccccc23)c1. The molecule has 0 saturated heterocycles. The second-order valence-electron chi connectivity index (χ2n) is 6.45. The van der Waals surface area contributed by atoms with Crippen LogP contribution in [-0.2, 0) is 9.53 Å². The van der Waals surface area contributed by atoms with Gasteiger partial charge in [-0.3, -0.25) is 4.79 Å². The number of ether oxygens (including phenoxy) is 1. The van der Waals surface area contributed by atoms with Crippen LogP contribution in [0.4, 0.5) is 0 Å². The minimum Gasteiger partial charge on any atom is -0.507 e. The van der Waals surface area contributed by atoms with E-state index in [1.54, 1.807) is 13.0 Å². The van der Waals surface area contributed by atoms with E-state index in [2.05, 4.69) is 5.32 Å². The number of fused-ring (bicyclic) bond motifs is 1. The number of aryl methyl sites for hydroxylation is 1. The lowest BCUT2D eigenvalue weighted by Gasteiger charge is -2.16. The summed E-state index contributed by atoms with van der Waals surface area (Å²) in [6.45, 7) is 3.27. The van der Waals surface area contributed by atoms with Gasteiger partial charge in [0.1, 0.15) is 11.3 Å². The summed E-state index contributed by atoms with van der Waals surface area (Å²) in [5, 5.41) is 14.8. The van der Waals surface area contributed by atoms with Crippen molar-refractivity contribution in [3.63, 3.8) is 0 Å². The molecule has 0 heterocycles. The molecule has 0 unspecified atom stereocenters. The predicted molar refractivity (Wildman–Crippen MR) is 104 cm³/mol. The summed E-state index contributed by atoms with van der Waals surface area (Å²) in [5.41, 5.74) is 1.85. The molecule has 0 spiro atoms. The molecule has 0 radical (unpaired) electrons. The van der Waals surface area contributed by atoms with E-state index in [4.69, 9.17) is 4.74 Å². The summed E-state index contributed by atoms with van der Waals surface area (Å²) in [5.74, 6) is -1.31. The van der Waals surface area contributed by atoms with E-state index in [-0.39, 0.29) is 17.4 Å². The molecule has 3 aromatic carbocycles. The maximum absolute atomic E-state index is 12.2. The second kappa shape index (κ2) is 7.91. The number of esters is 1. The van der Waals surface area contributed by atoms with Crippen LogP contribution in [0.5, 0.6) is 5.75 Å². The highest BCUT2D eigenvalue weighted by atomic mass is 16.5. The minimum absolute atomic E-state index is 0.0462. The molecule has 1 amide bonds. The maximum atomic E-state index is 12.2. The molecule has 0 saturated carbocycles. The zero-order chi connectivity index (χ0) is 19.4. The number of hydrogen-bond donors (Lipinski definition) is 2. The minimum atomic E-state index is -0.732. The lowest BCUT2D eigenvalue weighted by molar-refractivity contribution is -0.124. The van der Waals surface area contributed by atoms with Crippen molar-refractivity contribution in [1.29, 1.82) is 0 Å². The normalized spacial score (nSPS) is 11.8. The predicted octanol–water partition coefficient (Wildman–Crippen LogP) is 3.89. The Kier molecular flexibility index (Phi) is 5.41. The third kappa shape index (κ3) is 4.26. The van der Waals surface area contributed by atoms with Gasteiger partial charge in [0.15, 0.2) is 6.61 Å². The monoisotopic (exact) mass is 363 g/mol. The van der Waals surface area contributed by atoms with Crippen LogP contribution < -0.4 is 5.32 Å². The lowest BCUT2D eigenvalue weighted by atomic mass is 10.00. The number of carbonyl (C=O) groups is 2. The molecule has 5 heteroatoms. The first-order valence-corrected chi connectivity index (χ1v) is 8.69. The van der Waals surface area contributed by atoms with Crippen molar-refractivity contribution in [2.24, 2.45) is 0 Å². The third-order valence-electron chi connectivity index (χ3n) is 4.37. The van der Waals surface area contributed by atoms with E-state index in [1.807, 2.05) is 49.4 Å². The van der Waals surface area contributed by atoms with Crippen molar-refractivity contribution < 1.29 is 19.4 Å². The van der Waals surface area contributed by atoms with Crippen molar-refractivity contribution >= 4 is 22.6 Å². The number of rotatable bonds is 5.